The number of benzene rings is 1. The first-order valence-electron chi connectivity index (χ1n) is 8.82. The number of aromatic nitrogens is 2. The number of fused-ring (bicyclic) bond motifs is 3. The van der Waals surface area contributed by atoms with Crippen LogP contribution in [0, 0.1) is 18.3 Å². The number of nitrogens with one attached hydrogen (secondary N) is 1. The average molecular weight is 366 g/mol. The first-order valence-corrected chi connectivity index (χ1v) is 9.80. The third-order valence-corrected chi connectivity index (χ3v) is 5.56. The molecule has 0 aliphatic rings. The van der Waals surface area contributed by atoms with Crippen LogP contribution in [0.2, 0.25) is 0 Å². The van der Waals surface area contributed by atoms with Crippen LogP contribution in [-0.2, 0) is 4.79 Å². The fourth-order valence-electron chi connectivity index (χ4n) is 3.06. The SMILES string of the molecule is CCC(CC)NC(=O)CSc1cc(C)c(C#N)c2nc3ccccc3n12. The highest BCUT2D eigenvalue weighted by atomic mass is 32.2. The summed E-state index contributed by atoms with van der Waals surface area (Å²) in [7, 11) is 0. The molecule has 3 rings (SSSR count). The predicted octanol–water partition coefficient (Wildman–Crippen LogP) is 4.06. The van der Waals surface area contributed by atoms with Gasteiger partial charge in [0.2, 0.25) is 5.91 Å². The Morgan fingerprint density at radius 2 is 2.08 bits per heavy atom. The van der Waals surface area contributed by atoms with Gasteiger partial charge in [-0.05, 0) is 43.5 Å². The van der Waals surface area contributed by atoms with E-state index in [0.717, 1.165) is 34.5 Å². The lowest BCUT2D eigenvalue weighted by molar-refractivity contribution is -0.119. The third kappa shape index (κ3) is 3.40. The van der Waals surface area contributed by atoms with E-state index in [2.05, 4.69) is 30.2 Å². The van der Waals surface area contributed by atoms with E-state index in [0.29, 0.717) is 17.0 Å². The highest BCUT2D eigenvalue weighted by Gasteiger charge is 2.16. The number of carbonyl (C=O) groups is 1. The van der Waals surface area contributed by atoms with Crippen LogP contribution in [0.1, 0.15) is 37.8 Å². The Bertz CT molecular complexity index is 998. The maximum atomic E-state index is 12.3. The van der Waals surface area contributed by atoms with Crippen molar-refractivity contribution in [1.82, 2.24) is 14.7 Å². The second-order valence-corrected chi connectivity index (χ2v) is 7.28. The number of imidazole rings is 1. The lowest BCUT2D eigenvalue weighted by atomic mass is 10.2. The van der Waals surface area contributed by atoms with Gasteiger partial charge in [-0.25, -0.2) is 4.98 Å². The van der Waals surface area contributed by atoms with Gasteiger partial charge in [-0.3, -0.25) is 9.20 Å². The molecule has 26 heavy (non-hydrogen) atoms. The van der Waals surface area contributed by atoms with E-state index in [9.17, 15) is 10.1 Å². The summed E-state index contributed by atoms with van der Waals surface area (Å²) in [6.07, 6.45) is 1.86. The Balaban J connectivity index is 1.98. The predicted molar refractivity (Wildman–Crippen MR) is 105 cm³/mol. The van der Waals surface area contributed by atoms with E-state index >= 15 is 0 Å². The van der Waals surface area contributed by atoms with Crippen molar-refractivity contribution in [2.75, 3.05) is 5.75 Å². The Hall–Kier alpha value is -2.52. The minimum atomic E-state index is 0.0308. The molecule has 2 heterocycles. The summed E-state index contributed by atoms with van der Waals surface area (Å²) in [4.78, 5) is 16.9. The first-order chi connectivity index (χ1) is 12.6. The van der Waals surface area contributed by atoms with Gasteiger partial charge in [-0.1, -0.05) is 37.7 Å². The number of hydrogen-bond donors (Lipinski definition) is 1. The molecule has 6 heteroatoms. The zero-order valence-corrected chi connectivity index (χ0v) is 16.1. The lowest BCUT2D eigenvalue weighted by Gasteiger charge is -2.15. The minimum Gasteiger partial charge on any atom is -0.353 e. The van der Waals surface area contributed by atoms with Gasteiger partial charge in [0.1, 0.15) is 6.07 Å². The van der Waals surface area contributed by atoms with E-state index in [1.54, 1.807) is 0 Å². The van der Waals surface area contributed by atoms with E-state index in [-0.39, 0.29) is 11.9 Å². The number of para-hydroxylation sites is 2. The maximum absolute atomic E-state index is 12.3. The molecule has 134 valence electrons. The molecule has 0 saturated carbocycles. The van der Waals surface area contributed by atoms with Crippen LogP contribution in [-0.4, -0.2) is 27.1 Å². The summed E-state index contributed by atoms with van der Waals surface area (Å²) in [5.41, 5.74) is 3.89. The van der Waals surface area contributed by atoms with Crippen LogP contribution in [0.15, 0.2) is 35.4 Å². The van der Waals surface area contributed by atoms with Crippen LogP contribution in [0.25, 0.3) is 16.7 Å². The topological polar surface area (TPSA) is 70.2 Å². The molecular weight excluding hydrogens is 344 g/mol. The first kappa shape index (κ1) is 18.3. The maximum Gasteiger partial charge on any atom is 0.230 e. The van der Waals surface area contributed by atoms with Gasteiger partial charge < -0.3 is 5.32 Å². The van der Waals surface area contributed by atoms with Crippen molar-refractivity contribution >= 4 is 34.3 Å². The molecule has 0 unspecified atom stereocenters. The summed E-state index contributed by atoms with van der Waals surface area (Å²) in [6, 6.07) is 12.3. The van der Waals surface area contributed by atoms with Crippen LogP contribution in [0.5, 0.6) is 0 Å². The zero-order chi connectivity index (χ0) is 18.7. The van der Waals surface area contributed by atoms with Crippen LogP contribution >= 0.6 is 11.8 Å². The Morgan fingerprint density at radius 3 is 2.77 bits per heavy atom. The summed E-state index contributed by atoms with van der Waals surface area (Å²) in [5.74, 6) is 0.368. The van der Waals surface area contributed by atoms with Gasteiger partial charge in [0.05, 0.1) is 27.4 Å². The summed E-state index contributed by atoms with van der Waals surface area (Å²) < 4.78 is 1.98. The fourth-order valence-corrected chi connectivity index (χ4v) is 4.00. The molecule has 1 N–H and O–H groups in total. The van der Waals surface area contributed by atoms with Crippen molar-refractivity contribution < 1.29 is 4.79 Å². The lowest BCUT2D eigenvalue weighted by Crippen LogP contribution is -2.35. The zero-order valence-electron chi connectivity index (χ0n) is 15.2. The molecule has 3 aromatic rings. The smallest absolute Gasteiger partial charge is 0.230 e. The molecule has 0 aliphatic carbocycles. The van der Waals surface area contributed by atoms with Gasteiger partial charge >= 0.3 is 0 Å². The standard InChI is InChI=1S/C20H22N4OS/c1-4-14(5-2)22-18(25)12-26-19-10-13(3)15(11-21)20-23-16-8-6-7-9-17(16)24(19)20/h6-10,14H,4-5,12H2,1-3H3,(H,22,25). The molecule has 0 atom stereocenters. The van der Waals surface area contributed by atoms with Crippen LogP contribution < -0.4 is 5.32 Å². The number of pyridine rings is 1. The monoisotopic (exact) mass is 366 g/mol. The fraction of sp³-hybridized carbons (Fsp3) is 0.350. The average Bonchev–Trinajstić information content (AvgIpc) is 3.03. The van der Waals surface area contributed by atoms with Crippen molar-refractivity contribution in [3.8, 4) is 6.07 Å². The van der Waals surface area contributed by atoms with Crippen molar-refractivity contribution in [3.63, 3.8) is 0 Å². The second-order valence-electron chi connectivity index (χ2n) is 6.28. The third-order valence-electron chi connectivity index (χ3n) is 4.55. The number of carbonyl (C=O) groups excluding carboxylic acids is 1. The van der Waals surface area contributed by atoms with Gasteiger partial charge in [0.25, 0.3) is 0 Å². The van der Waals surface area contributed by atoms with Gasteiger partial charge in [-0.15, -0.1) is 0 Å². The number of nitrogens with zero attached hydrogens (tertiary/aromatic N) is 3. The minimum absolute atomic E-state index is 0.0308. The van der Waals surface area contributed by atoms with E-state index in [1.807, 2.05) is 41.7 Å². The van der Waals surface area contributed by atoms with Crippen molar-refractivity contribution in [2.45, 2.75) is 44.7 Å². The molecule has 2 aromatic heterocycles. The number of amides is 1. The molecular formula is C20H22N4OS. The summed E-state index contributed by atoms with van der Waals surface area (Å²) >= 11 is 1.48. The molecule has 0 saturated heterocycles. The van der Waals surface area contributed by atoms with E-state index in [1.165, 1.54) is 11.8 Å². The number of thioether (sulfide) groups is 1. The molecule has 0 aliphatic heterocycles. The number of hydrogen-bond acceptors (Lipinski definition) is 4. The molecule has 0 radical (unpaired) electrons. The van der Waals surface area contributed by atoms with Gasteiger partial charge in [-0.2, -0.15) is 5.26 Å². The number of aryl methyl sites for hydroxylation is 1. The van der Waals surface area contributed by atoms with E-state index in [4.69, 9.17) is 0 Å². The van der Waals surface area contributed by atoms with Crippen molar-refractivity contribution in [3.05, 3.63) is 41.5 Å². The summed E-state index contributed by atoms with van der Waals surface area (Å²) in [6.45, 7) is 6.06. The molecule has 1 amide bonds. The van der Waals surface area contributed by atoms with Crippen LogP contribution in [0.3, 0.4) is 0 Å². The van der Waals surface area contributed by atoms with Gasteiger partial charge in [0.15, 0.2) is 5.65 Å². The van der Waals surface area contributed by atoms with Crippen molar-refractivity contribution in [2.24, 2.45) is 0 Å². The molecule has 0 bridgehead atoms. The second kappa shape index (κ2) is 7.79. The van der Waals surface area contributed by atoms with E-state index < -0.39 is 0 Å². The normalized spacial score (nSPS) is 11.2. The Labute approximate surface area is 157 Å². The molecule has 0 spiro atoms. The van der Waals surface area contributed by atoms with Crippen LogP contribution in [0.4, 0.5) is 0 Å². The Morgan fingerprint density at radius 1 is 1.35 bits per heavy atom. The quantitative estimate of drug-likeness (QED) is 0.668. The summed E-state index contributed by atoms with van der Waals surface area (Å²) in [5, 5.41) is 13.5. The highest BCUT2D eigenvalue weighted by molar-refractivity contribution is 7.99. The van der Waals surface area contributed by atoms with Crippen molar-refractivity contribution in [1.29, 1.82) is 5.26 Å². The molecule has 1 aromatic carbocycles. The number of nitriles is 1. The van der Waals surface area contributed by atoms with Gasteiger partial charge in [0, 0.05) is 6.04 Å². The number of rotatable bonds is 6. The highest BCUT2D eigenvalue weighted by Crippen LogP contribution is 2.29. The molecule has 5 nitrogen and oxygen atoms in total. The Kier molecular flexibility index (Phi) is 5.48. The largest absolute Gasteiger partial charge is 0.353 e. The molecule has 0 fully saturated rings.